The number of hydrogen-bond donors (Lipinski definition) is 1. The second-order valence-corrected chi connectivity index (χ2v) is 4.77. The highest BCUT2D eigenvalue weighted by atomic mass is 15.3. The number of hydrogen-bond acceptors (Lipinski definition) is 3. The highest BCUT2D eigenvalue weighted by Gasteiger charge is 2.26. The first-order chi connectivity index (χ1) is 8.79. The topological polar surface area (TPSA) is 47.1 Å². The highest BCUT2D eigenvalue weighted by Crippen LogP contribution is 2.34. The summed E-state index contributed by atoms with van der Waals surface area (Å²) in [4.78, 5) is 2.40. The molecule has 4 heteroatoms. The molecule has 18 heavy (non-hydrogen) atoms. The van der Waals surface area contributed by atoms with Gasteiger partial charge in [-0.05, 0) is 18.1 Å². The average molecular weight is 242 g/mol. The Balaban J connectivity index is 1.95. The maximum atomic E-state index is 5.97. The highest BCUT2D eigenvalue weighted by molar-refractivity contribution is 5.59. The predicted molar refractivity (Wildman–Crippen MR) is 72.5 cm³/mol. The summed E-state index contributed by atoms with van der Waals surface area (Å²) in [6.07, 6.45) is 5.07. The lowest BCUT2D eigenvalue weighted by molar-refractivity contribution is 0.648. The maximum Gasteiger partial charge on any atom is 0.0695 e. The van der Waals surface area contributed by atoms with Gasteiger partial charge in [-0.15, -0.1) is 0 Å². The molecule has 2 aromatic rings. The number of aryl methyl sites for hydroxylation is 1. The molecule has 94 valence electrons. The normalized spacial score (nSPS) is 15.8. The number of rotatable bonds is 3. The van der Waals surface area contributed by atoms with Crippen LogP contribution >= 0.6 is 0 Å². The summed E-state index contributed by atoms with van der Waals surface area (Å²) in [5.41, 5.74) is 9.90. The molecule has 1 aromatic carbocycles. The first kappa shape index (κ1) is 11.3. The Bertz CT molecular complexity index is 546. The summed E-state index contributed by atoms with van der Waals surface area (Å²) in [5.74, 6) is 0. The van der Waals surface area contributed by atoms with Crippen molar-refractivity contribution < 1.29 is 0 Å². The van der Waals surface area contributed by atoms with Gasteiger partial charge in [0.1, 0.15) is 0 Å². The van der Waals surface area contributed by atoms with E-state index in [9.17, 15) is 0 Å². The van der Waals surface area contributed by atoms with Crippen LogP contribution in [-0.2, 0) is 13.5 Å². The zero-order valence-electron chi connectivity index (χ0n) is 10.6. The van der Waals surface area contributed by atoms with Gasteiger partial charge in [0.15, 0.2) is 0 Å². The fourth-order valence-electron chi connectivity index (χ4n) is 2.74. The minimum absolute atomic E-state index is 0.224. The van der Waals surface area contributed by atoms with Crippen LogP contribution in [-0.4, -0.2) is 22.9 Å². The quantitative estimate of drug-likeness (QED) is 0.887. The zero-order valence-corrected chi connectivity index (χ0v) is 10.6. The zero-order chi connectivity index (χ0) is 12.5. The Kier molecular flexibility index (Phi) is 2.80. The van der Waals surface area contributed by atoms with Gasteiger partial charge in [0.05, 0.1) is 12.2 Å². The first-order valence-corrected chi connectivity index (χ1v) is 6.33. The van der Waals surface area contributed by atoms with Crippen molar-refractivity contribution in [2.24, 2.45) is 12.8 Å². The van der Waals surface area contributed by atoms with Crippen molar-refractivity contribution in [3.05, 3.63) is 47.8 Å². The van der Waals surface area contributed by atoms with E-state index < -0.39 is 0 Å². The number of aromatic nitrogens is 2. The Morgan fingerprint density at radius 2 is 2.22 bits per heavy atom. The molecule has 0 fully saturated rings. The summed E-state index contributed by atoms with van der Waals surface area (Å²) in [7, 11) is 1.94. The van der Waals surface area contributed by atoms with Crippen LogP contribution in [0.1, 0.15) is 17.2 Å². The lowest BCUT2D eigenvalue weighted by Gasteiger charge is -2.28. The van der Waals surface area contributed by atoms with Crippen LogP contribution < -0.4 is 10.6 Å². The number of nitrogens with zero attached hydrogens (tertiary/aromatic N) is 3. The van der Waals surface area contributed by atoms with E-state index in [0.717, 1.165) is 13.0 Å². The largest absolute Gasteiger partial charge is 0.363 e. The van der Waals surface area contributed by atoms with Gasteiger partial charge >= 0.3 is 0 Å². The third-order valence-corrected chi connectivity index (χ3v) is 3.63. The van der Waals surface area contributed by atoms with E-state index in [1.54, 1.807) is 0 Å². The van der Waals surface area contributed by atoms with Gasteiger partial charge in [-0.1, -0.05) is 18.2 Å². The lowest BCUT2D eigenvalue weighted by atomic mass is 10.1. The van der Waals surface area contributed by atoms with Gasteiger partial charge in [0, 0.05) is 37.6 Å². The molecule has 0 saturated heterocycles. The smallest absolute Gasteiger partial charge is 0.0695 e. The maximum absolute atomic E-state index is 5.97. The number of benzene rings is 1. The van der Waals surface area contributed by atoms with Crippen molar-refractivity contribution in [1.29, 1.82) is 0 Å². The van der Waals surface area contributed by atoms with Crippen LogP contribution in [0.2, 0.25) is 0 Å². The molecule has 2 heterocycles. The molecule has 4 nitrogen and oxygen atoms in total. The molecule has 0 radical (unpaired) electrons. The molecule has 1 unspecified atom stereocenters. The molecule has 0 aliphatic carbocycles. The molecule has 2 N–H and O–H groups in total. The minimum atomic E-state index is 0.224. The van der Waals surface area contributed by atoms with Gasteiger partial charge in [0.2, 0.25) is 0 Å². The Morgan fingerprint density at radius 1 is 1.39 bits per heavy atom. The van der Waals surface area contributed by atoms with Gasteiger partial charge in [-0.25, -0.2) is 0 Å². The molecule has 0 bridgehead atoms. The van der Waals surface area contributed by atoms with E-state index in [4.69, 9.17) is 5.73 Å². The van der Waals surface area contributed by atoms with Gasteiger partial charge in [-0.3, -0.25) is 4.68 Å². The lowest BCUT2D eigenvalue weighted by Crippen LogP contribution is -2.32. The van der Waals surface area contributed by atoms with E-state index in [1.165, 1.54) is 16.8 Å². The summed E-state index contributed by atoms with van der Waals surface area (Å²) in [6, 6.07) is 8.80. The monoisotopic (exact) mass is 242 g/mol. The molecule has 0 spiro atoms. The first-order valence-electron chi connectivity index (χ1n) is 6.33. The van der Waals surface area contributed by atoms with Crippen LogP contribution in [0.25, 0.3) is 0 Å². The van der Waals surface area contributed by atoms with Crippen molar-refractivity contribution in [3.8, 4) is 0 Å². The number of fused-ring (bicyclic) bond motifs is 1. The third kappa shape index (κ3) is 1.78. The molecule has 3 rings (SSSR count). The Morgan fingerprint density at radius 3 is 2.94 bits per heavy atom. The molecule has 1 aromatic heterocycles. The second kappa shape index (κ2) is 4.46. The van der Waals surface area contributed by atoms with E-state index in [0.29, 0.717) is 6.54 Å². The molecule has 1 aliphatic rings. The van der Waals surface area contributed by atoms with Crippen LogP contribution in [0, 0.1) is 0 Å². The van der Waals surface area contributed by atoms with Crippen molar-refractivity contribution >= 4 is 5.69 Å². The molecule has 0 amide bonds. The van der Waals surface area contributed by atoms with Crippen molar-refractivity contribution in [3.63, 3.8) is 0 Å². The minimum Gasteiger partial charge on any atom is -0.363 e. The number of anilines is 1. The molecular weight excluding hydrogens is 224 g/mol. The molecular formula is C14H18N4. The number of para-hydroxylation sites is 1. The number of nitrogens with two attached hydrogens (primary N) is 1. The van der Waals surface area contributed by atoms with Crippen molar-refractivity contribution in [2.45, 2.75) is 12.5 Å². The van der Waals surface area contributed by atoms with E-state index in [2.05, 4.69) is 40.5 Å². The molecule has 1 atom stereocenters. The van der Waals surface area contributed by atoms with E-state index in [1.807, 2.05) is 17.9 Å². The second-order valence-electron chi connectivity index (χ2n) is 4.77. The third-order valence-electron chi connectivity index (χ3n) is 3.63. The van der Waals surface area contributed by atoms with Crippen LogP contribution in [0.15, 0.2) is 36.7 Å². The van der Waals surface area contributed by atoms with E-state index >= 15 is 0 Å². The standard InChI is InChI=1S/C14H18N4/c1-17-10-12(9-16-17)14(8-15)18-7-6-11-4-2-3-5-13(11)18/h2-5,9-10,14H,6-8,15H2,1H3. The van der Waals surface area contributed by atoms with Gasteiger partial charge in [-0.2, -0.15) is 5.10 Å². The van der Waals surface area contributed by atoms with Gasteiger partial charge in [0.25, 0.3) is 0 Å². The Hall–Kier alpha value is -1.81. The van der Waals surface area contributed by atoms with Crippen LogP contribution in [0.3, 0.4) is 0 Å². The Labute approximate surface area is 107 Å². The molecule has 1 aliphatic heterocycles. The average Bonchev–Trinajstić information content (AvgIpc) is 2.98. The van der Waals surface area contributed by atoms with Gasteiger partial charge < -0.3 is 10.6 Å². The summed E-state index contributed by atoms with van der Waals surface area (Å²) in [5, 5.41) is 4.25. The summed E-state index contributed by atoms with van der Waals surface area (Å²) >= 11 is 0. The fraction of sp³-hybridized carbons (Fsp3) is 0.357. The van der Waals surface area contributed by atoms with Crippen LogP contribution in [0.5, 0.6) is 0 Å². The summed E-state index contributed by atoms with van der Waals surface area (Å²) < 4.78 is 1.83. The van der Waals surface area contributed by atoms with E-state index in [-0.39, 0.29) is 6.04 Å². The predicted octanol–water partition coefficient (Wildman–Crippen LogP) is 1.48. The fourth-order valence-corrected chi connectivity index (χ4v) is 2.74. The van der Waals surface area contributed by atoms with Crippen molar-refractivity contribution in [2.75, 3.05) is 18.0 Å². The summed E-state index contributed by atoms with van der Waals surface area (Å²) in [6.45, 7) is 1.65. The SMILES string of the molecule is Cn1cc(C(CN)N2CCc3ccccc32)cn1. The van der Waals surface area contributed by atoms with Crippen molar-refractivity contribution in [1.82, 2.24) is 9.78 Å². The molecule has 0 saturated carbocycles. The van der Waals surface area contributed by atoms with Crippen LogP contribution in [0.4, 0.5) is 5.69 Å².